The van der Waals surface area contributed by atoms with Crippen LogP contribution in [0, 0.1) is 0 Å². The highest BCUT2D eigenvalue weighted by Gasteiger charge is 2.29. The zero-order valence-corrected chi connectivity index (χ0v) is 10.5. The third-order valence-electron chi connectivity index (χ3n) is 2.65. The van der Waals surface area contributed by atoms with E-state index in [-0.39, 0.29) is 0 Å². The van der Waals surface area contributed by atoms with Crippen molar-refractivity contribution < 1.29 is 14.3 Å². The normalized spacial score (nSPS) is 11.5. The van der Waals surface area contributed by atoms with Gasteiger partial charge in [-0.1, -0.05) is 0 Å². The fraction of sp³-hybridized carbons (Fsp3) is 0.333. The van der Waals surface area contributed by atoms with Crippen molar-refractivity contribution in [2.24, 2.45) is 5.73 Å². The number of primary amides is 1. The van der Waals surface area contributed by atoms with Gasteiger partial charge < -0.3 is 15.2 Å². The van der Waals surface area contributed by atoms with Crippen molar-refractivity contribution in [3.05, 3.63) is 30.4 Å². The first kappa shape index (κ1) is 12.2. The van der Waals surface area contributed by atoms with Gasteiger partial charge in [-0.15, -0.1) is 0 Å². The van der Waals surface area contributed by atoms with Crippen LogP contribution < -0.4 is 10.5 Å². The van der Waals surface area contributed by atoms with E-state index in [0.717, 1.165) is 5.52 Å². The molecule has 6 heteroatoms. The highest BCUT2D eigenvalue weighted by atomic mass is 16.6. The first-order valence-corrected chi connectivity index (χ1v) is 5.44. The Bertz CT molecular complexity index is 589. The Morgan fingerprint density at radius 2 is 2.22 bits per heavy atom. The van der Waals surface area contributed by atoms with Crippen LogP contribution in [0.1, 0.15) is 19.7 Å². The Hall–Kier alpha value is -2.24. The lowest BCUT2D eigenvalue weighted by atomic mass is 10.1. The topological polar surface area (TPSA) is 78.9 Å². The predicted octanol–water partition coefficient (Wildman–Crippen LogP) is 1.67. The van der Waals surface area contributed by atoms with E-state index in [9.17, 15) is 4.79 Å². The molecule has 6 nitrogen and oxygen atoms in total. The molecule has 2 rings (SSSR count). The molecule has 0 bridgehead atoms. The maximum Gasteiger partial charge on any atom is 0.405 e. The number of ether oxygens (including phenoxy) is 2. The Kier molecular flexibility index (Phi) is 2.86. The molecule has 0 aliphatic carbocycles. The first-order valence-electron chi connectivity index (χ1n) is 5.44. The number of nitrogens with two attached hydrogens (primary N) is 1. The van der Waals surface area contributed by atoms with Gasteiger partial charge in [-0.2, -0.15) is 0 Å². The van der Waals surface area contributed by atoms with Crippen molar-refractivity contribution >= 4 is 11.6 Å². The lowest BCUT2D eigenvalue weighted by molar-refractivity contribution is 0.0360. The summed E-state index contributed by atoms with van der Waals surface area (Å²) >= 11 is 0. The summed E-state index contributed by atoms with van der Waals surface area (Å²) in [6.45, 7) is 3.46. The largest absolute Gasteiger partial charge is 0.494 e. The van der Waals surface area contributed by atoms with Crippen LogP contribution in [0.4, 0.5) is 4.79 Å². The van der Waals surface area contributed by atoms with E-state index in [1.165, 1.54) is 0 Å². The van der Waals surface area contributed by atoms with Gasteiger partial charge in [0.25, 0.3) is 0 Å². The zero-order valence-electron chi connectivity index (χ0n) is 10.5. The Labute approximate surface area is 104 Å². The molecule has 0 saturated heterocycles. The van der Waals surface area contributed by atoms with E-state index >= 15 is 0 Å². The number of nitrogens with zero attached hydrogens (tertiary/aromatic N) is 2. The smallest absolute Gasteiger partial charge is 0.405 e. The molecule has 0 radical (unpaired) electrons. The van der Waals surface area contributed by atoms with Crippen LogP contribution in [0.2, 0.25) is 0 Å². The lowest BCUT2D eigenvalue weighted by Crippen LogP contribution is -2.30. The average molecular weight is 249 g/mol. The third kappa shape index (κ3) is 1.97. The van der Waals surface area contributed by atoms with Gasteiger partial charge >= 0.3 is 6.09 Å². The van der Waals surface area contributed by atoms with Crippen LogP contribution in [0.5, 0.6) is 5.75 Å². The molecule has 0 atom stereocenters. The van der Waals surface area contributed by atoms with Crippen molar-refractivity contribution in [3.8, 4) is 5.75 Å². The summed E-state index contributed by atoms with van der Waals surface area (Å²) < 4.78 is 12.1. The molecule has 1 amide bonds. The van der Waals surface area contributed by atoms with E-state index in [4.69, 9.17) is 15.2 Å². The molecule has 0 spiro atoms. The van der Waals surface area contributed by atoms with Gasteiger partial charge in [-0.05, 0) is 26.0 Å². The number of hydrogen-bond acceptors (Lipinski definition) is 4. The number of methoxy groups -OCH3 is 1. The van der Waals surface area contributed by atoms with Crippen molar-refractivity contribution in [2.75, 3.05) is 7.11 Å². The number of hydrogen-bond donors (Lipinski definition) is 1. The monoisotopic (exact) mass is 249 g/mol. The number of amides is 1. The zero-order chi connectivity index (χ0) is 13.3. The van der Waals surface area contributed by atoms with Crippen molar-refractivity contribution in [1.29, 1.82) is 0 Å². The molecule has 0 fully saturated rings. The molecule has 96 valence electrons. The molecule has 2 heterocycles. The van der Waals surface area contributed by atoms with Gasteiger partial charge in [-0.3, -0.25) is 4.40 Å². The van der Waals surface area contributed by atoms with E-state index < -0.39 is 11.7 Å². The maximum atomic E-state index is 10.9. The number of carbonyl (C=O) groups is 1. The Morgan fingerprint density at radius 1 is 1.50 bits per heavy atom. The Balaban J connectivity index is 2.56. The van der Waals surface area contributed by atoms with Gasteiger partial charge in [0.2, 0.25) is 0 Å². The summed E-state index contributed by atoms with van der Waals surface area (Å²) in [6, 6.07) is 3.67. The molecule has 18 heavy (non-hydrogen) atoms. The summed E-state index contributed by atoms with van der Waals surface area (Å²) in [7, 11) is 1.59. The van der Waals surface area contributed by atoms with Crippen molar-refractivity contribution in [1.82, 2.24) is 9.38 Å². The van der Waals surface area contributed by atoms with Gasteiger partial charge in [0, 0.05) is 6.20 Å². The minimum Gasteiger partial charge on any atom is -0.494 e. The van der Waals surface area contributed by atoms with E-state index in [1.54, 1.807) is 27.2 Å². The fourth-order valence-corrected chi connectivity index (χ4v) is 1.91. The molecule has 0 unspecified atom stereocenters. The second kappa shape index (κ2) is 4.21. The minimum atomic E-state index is -0.912. The second-order valence-corrected chi connectivity index (χ2v) is 4.35. The van der Waals surface area contributed by atoms with E-state index in [2.05, 4.69) is 4.98 Å². The summed E-state index contributed by atoms with van der Waals surface area (Å²) in [5.74, 6) is 1.28. The van der Waals surface area contributed by atoms with Crippen LogP contribution >= 0.6 is 0 Å². The number of fused-ring (bicyclic) bond motifs is 1. The second-order valence-electron chi connectivity index (χ2n) is 4.35. The van der Waals surface area contributed by atoms with E-state index in [1.807, 2.05) is 22.7 Å². The predicted molar refractivity (Wildman–Crippen MR) is 65.4 cm³/mol. The molecular formula is C12H15N3O3. The van der Waals surface area contributed by atoms with E-state index in [0.29, 0.717) is 11.6 Å². The molecule has 0 aliphatic heterocycles. The number of carbonyl (C=O) groups excluding carboxylic acids is 1. The highest BCUT2D eigenvalue weighted by Crippen LogP contribution is 2.27. The van der Waals surface area contributed by atoms with Crippen molar-refractivity contribution in [2.45, 2.75) is 19.4 Å². The number of aromatic nitrogens is 2. The molecule has 2 N–H and O–H groups in total. The number of imidazole rings is 1. The van der Waals surface area contributed by atoms with Gasteiger partial charge in [0.15, 0.2) is 11.4 Å². The molecule has 2 aromatic heterocycles. The van der Waals surface area contributed by atoms with Gasteiger partial charge in [0.1, 0.15) is 11.3 Å². The molecular weight excluding hydrogens is 234 g/mol. The average Bonchev–Trinajstić information content (AvgIpc) is 2.71. The number of rotatable bonds is 3. The van der Waals surface area contributed by atoms with Crippen LogP contribution in [0.3, 0.4) is 0 Å². The summed E-state index contributed by atoms with van der Waals surface area (Å²) in [5, 5.41) is 0. The molecule has 2 aromatic rings. The van der Waals surface area contributed by atoms with Crippen LogP contribution in [0.25, 0.3) is 5.52 Å². The SMILES string of the molecule is COc1cccn2c(C(C)(C)OC(N)=O)ncc12. The number of pyridine rings is 1. The third-order valence-corrected chi connectivity index (χ3v) is 2.65. The first-order chi connectivity index (χ1) is 8.45. The summed E-state index contributed by atoms with van der Waals surface area (Å²) in [6.07, 6.45) is 2.66. The standard InChI is InChI=1S/C12H15N3O3/c1-12(2,18-11(13)16)10-14-7-8-9(17-3)5-4-6-15(8)10/h4-7H,1-3H3,(H2,13,16). The van der Waals surface area contributed by atoms with Gasteiger partial charge in [-0.25, -0.2) is 9.78 Å². The molecule has 0 aromatic carbocycles. The maximum absolute atomic E-state index is 10.9. The van der Waals surface area contributed by atoms with Crippen LogP contribution in [-0.4, -0.2) is 22.6 Å². The van der Waals surface area contributed by atoms with Crippen molar-refractivity contribution in [3.63, 3.8) is 0 Å². The summed E-state index contributed by atoms with van der Waals surface area (Å²) in [5.41, 5.74) is 4.95. The van der Waals surface area contributed by atoms with Gasteiger partial charge in [0.05, 0.1) is 13.3 Å². The fourth-order valence-electron chi connectivity index (χ4n) is 1.91. The highest BCUT2D eigenvalue weighted by molar-refractivity contribution is 5.65. The quantitative estimate of drug-likeness (QED) is 0.897. The Morgan fingerprint density at radius 3 is 2.83 bits per heavy atom. The minimum absolute atomic E-state index is 0.579. The molecule has 0 aliphatic rings. The molecule has 0 saturated carbocycles. The summed E-state index contributed by atoms with van der Waals surface area (Å²) in [4.78, 5) is 15.2. The van der Waals surface area contributed by atoms with Crippen LogP contribution in [0.15, 0.2) is 24.5 Å². The van der Waals surface area contributed by atoms with Crippen LogP contribution in [-0.2, 0) is 10.3 Å². The lowest BCUT2D eigenvalue weighted by Gasteiger charge is -2.22.